The number of fused-ring (bicyclic) bond motifs is 2. The highest BCUT2D eigenvalue weighted by atomic mass is 16.3. The Morgan fingerprint density at radius 3 is 1.96 bits per heavy atom. The molecule has 0 aliphatic heterocycles. The maximum absolute atomic E-state index is 10.7. The lowest BCUT2D eigenvalue weighted by molar-refractivity contribution is 0.455. The van der Waals surface area contributed by atoms with Gasteiger partial charge in [0.15, 0.2) is 0 Å². The third kappa shape index (κ3) is 2.53. The summed E-state index contributed by atoms with van der Waals surface area (Å²) in [4.78, 5) is 0. The molecule has 4 rings (SSSR count). The summed E-state index contributed by atoms with van der Waals surface area (Å²) in [6, 6.07) is 20.2. The van der Waals surface area contributed by atoms with Crippen LogP contribution in [0.3, 0.4) is 0 Å². The van der Waals surface area contributed by atoms with Crippen LogP contribution in [0.4, 0.5) is 0 Å². The summed E-state index contributed by atoms with van der Waals surface area (Å²) in [7, 11) is 0. The number of hydrogen-bond acceptors (Lipinski definition) is 3. The van der Waals surface area contributed by atoms with E-state index in [9.17, 15) is 15.3 Å². The standard InChI is InChI=1S/C23H20O3/c1-2-17(22-18-6-4-3-5-14(18)8-11-20(22)25)23-19-13-16(24)10-7-15(19)9-12-21(23)26/h3-13,17,24-26H,2H2,1H3. The Morgan fingerprint density at radius 2 is 1.27 bits per heavy atom. The van der Waals surface area contributed by atoms with Crippen molar-refractivity contribution in [1.29, 1.82) is 0 Å². The first-order chi connectivity index (χ1) is 12.6. The van der Waals surface area contributed by atoms with E-state index in [2.05, 4.69) is 0 Å². The van der Waals surface area contributed by atoms with Crippen LogP contribution in [0.25, 0.3) is 21.5 Å². The van der Waals surface area contributed by atoms with E-state index in [4.69, 9.17) is 0 Å². The second-order valence-electron chi connectivity index (χ2n) is 6.58. The molecule has 0 amide bonds. The molecule has 4 aromatic rings. The van der Waals surface area contributed by atoms with Gasteiger partial charge in [-0.05, 0) is 52.2 Å². The Morgan fingerprint density at radius 1 is 0.692 bits per heavy atom. The Bertz CT molecular complexity index is 1110. The molecule has 0 spiro atoms. The number of phenols is 3. The number of rotatable bonds is 3. The Labute approximate surface area is 151 Å². The smallest absolute Gasteiger partial charge is 0.120 e. The minimum atomic E-state index is -0.202. The highest BCUT2D eigenvalue weighted by molar-refractivity contribution is 5.93. The Kier molecular flexibility index (Phi) is 3.92. The van der Waals surface area contributed by atoms with Crippen LogP contribution in [0.15, 0.2) is 66.7 Å². The normalized spacial score (nSPS) is 12.5. The second-order valence-corrected chi connectivity index (χ2v) is 6.58. The van der Waals surface area contributed by atoms with Gasteiger partial charge in [-0.2, -0.15) is 0 Å². The van der Waals surface area contributed by atoms with Gasteiger partial charge in [-0.15, -0.1) is 0 Å². The molecule has 0 aliphatic rings. The van der Waals surface area contributed by atoms with Gasteiger partial charge in [0.2, 0.25) is 0 Å². The van der Waals surface area contributed by atoms with Crippen LogP contribution < -0.4 is 0 Å². The maximum Gasteiger partial charge on any atom is 0.120 e. The molecule has 1 unspecified atom stereocenters. The fourth-order valence-corrected chi connectivity index (χ4v) is 3.89. The topological polar surface area (TPSA) is 60.7 Å². The monoisotopic (exact) mass is 344 g/mol. The van der Waals surface area contributed by atoms with Gasteiger partial charge >= 0.3 is 0 Å². The van der Waals surface area contributed by atoms with Crippen molar-refractivity contribution in [2.45, 2.75) is 19.3 Å². The van der Waals surface area contributed by atoms with Crippen molar-refractivity contribution in [2.24, 2.45) is 0 Å². The van der Waals surface area contributed by atoms with E-state index in [1.54, 1.807) is 24.3 Å². The molecule has 130 valence electrons. The van der Waals surface area contributed by atoms with Crippen LogP contribution in [0.2, 0.25) is 0 Å². The zero-order valence-electron chi connectivity index (χ0n) is 14.5. The van der Waals surface area contributed by atoms with Crippen LogP contribution in [0.1, 0.15) is 30.4 Å². The molecule has 3 heteroatoms. The van der Waals surface area contributed by atoms with Gasteiger partial charge in [0.1, 0.15) is 17.2 Å². The molecule has 0 fully saturated rings. The second kappa shape index (κ2) is 6.26. The molecule has 0 radical (unpaired) electrons. The first kappa shape index (κ1) is 16.3. The highest BCUT2D eigenvalue weighted by Gasteiger charge is 2.23. The SMILES string of the molecule is CCC(c1c(O)ccc2ccccc12)c1c(O)ccc2ccc(O)cc12. The molecule has 26 heavy (non-hydrogen) atoms. The first-order valence-corrected chi connectivity index (χ1v) is 8.75. The summed E-state index contributed by atoms with van der Waals surface area (Å²) >= 11 is 0. The van der Waals surface area contributed by atoms with Crippen LogP contribution in [0.5, 0.6) is 17.2 Å². The van der Waals surface area contributed by atoms with Crippen molar-refractivity contribution in [1.82, 2.24) is 0 Å². The van der Waals surface area contributed by atoms with Crippen molar-refractivity contribution >= 4 is 21.5 Å². The minimum absolute atomic E-state index is 0.154. The van der Waals surface area contributed by atoms with E-state index >= 15 is 0 Å². The van der Waals surface area contributed by atoms with Crippen molar-refractivity contribution in [3.8, 4) is 17.2 Å². The van der Waals surface area contributed by atoms with Crippen LogP contribution in [-0.4, -0.2) is 15.3 Å². The molecule has 0 aliphatic carbocycles. The summed E-state index contributed by atoms with van der Waals surface area (Å²) in [5, 5.41) is 35.0. The minimum Gasteiger partial charge on any atom is -0.508 e. The predicted octanol–water partition coefficient (Wildman–Crippen LogP) is 5.65. The van der Waals surface area contributed by atoms with E-state index in [1.807, 2.05) is 49.4 Å². The first-order valence-electron chi connectivity index (χ1n) is 8.75. The molecule has 0 saturated carbocycles. The molecular formula is C23H20O3. The van der Waals surface area contributed by atoms with Gasteiger partial charge in [-0.3, -0.25) is 0 Å². The zero-order valence-corrected chi connectivity index (χ0v) is 14.5. The molecule has 0 bridgehead atoms. The number of benzene rings is 4. The van der Waals surface area contributed by atoms with Crippen LogP contribution in [-0.2, 0) is 0 Å². The lowest BCUT2D eigenvalue weighted by atomic mass is 9.82. The largest absolute Gasteiger partial charge is 0.508 e. The molecular weight excluding hydrogens is 324 g/mol. The predicted molar refractivity (Wildman–Crippen MR) is 105 cm³/mol. The summed E-state index contributed by atoms with van der Waals surface area (Å²) in [5.74, 6) is 0.335. The summed E-state index contributed by atoms with van der Waals surface area (Å²) in [6.07, 6.45) is 0.698. The average molecular weight is 344 g/mol. The fourth-order valence-electron chi connectivity index (χ4n) is 3.89. The van der Waals surface area contributed by atoms with Gasteiger partial charge in [-0.25, -0.2) is 0 Å². The van der Waals surface area contributed by atoms with E-state index in [-0.39, 0.29) is 23.2 Å². The highest BCUT2D eigenvalue weighted by Crippen LogP contribution is 2.44. The number of phenolic OH excluding ortho intramolecular Hbond substituents is 3. The van der Waals surface area contributed by atoms with Crippen LogP contribution >= 0.6 is 0 Å². The molecule has 3 N–H and O–H groups in total. The van der Waals surface area contributed by atoms with Crippen molar-refractivity contribution in [3.05, 3.63) is 77.9 Å². The van der Waals surface area contributed by atoms with E-state index in [0.717, 1.165) is 32.7 Å². The molecule has 1 atom stereocenters. The van der Waals surface area contributed by atoms with Crippen LogP contribution in [0, 0.1) is 0 Å². The van der Waals surface area contributed by atoms with Gasteiger partial charge in [0, 0.05) is 17.0 Å². The molecule has 0 saturated heterocycles. The molecule has 3 nitrogen and oxygen atoms in total. The van der Waals surface area contributed by atoms with E-state index < -0.39 is 0 Å². The zero-order chi connectivity index (χ0) is 18.3. The van der Waals surface area contributed by atoms with Gasteiger partial charge in [0.05, 0.1) is 0 Å². The summed E-state index contributed by atoms with van der Waals surface area (Å²) in [6.45, 7) is 2.03. The van der Waals surface area contributed by atoms with Crippen molar-refractivity contribution in [3.63, 3.8) is 0 Å². The third-order valence-corrected chi connectivity index (χ3v) is 5.08. The van der Waals surface area contributed by atoms with E-state index in [0.29, 0.717) is 6.42 Å². The average Bonchev–Trinajstić information content (AvgIpc) is 2.65. The lowest BCUT2D eigenvalue weighted by Gasteiger charge is -2.22. The quantitative estimate of drug-likeness (QED) is 0.450. The third-order valence-electron chi connectivity index (χ3n) is 5.08. The Balaban J connectivity index is 2.07. The molecule has 0 aromatic heterocycles. The van der Waals surface area contributed by atoms with Gasteiger partial charge in [-0.1, -0.05) is 49.4 Å². The fraction of sp³-hybridized carbons (Fsp3) is 0.130. The summed E-state index contributed by atoms with van der Waals surface area (Å²) < 4.78 is 0. The number of aromatic hydroxyl groups is 3. The van der Waals surface area contributed by atoms with E-state index in [1.165, 1.54) is 0 Å². The van der Waals surface area contributed by atoms with Crippen molar-refractivity contribution < 1.29 is 15.3 Å². The Hall–Kier alpha value is -3.20. The van der Waals surface area contributed by atoms with Gasteiger partial charge < -0.3 is 15.3 Å². The molecule has 0 heterocycles. The number of hydrogen-bond donors (Lipinski definition) is 3. The summed E-state index contributed by atoms with van der Waals surface area (Å²) in [5.41, 5.74) is 1.53. The molecule has 4 aromatic carbocycles. The van der Waals surface area contributed by atoms with Gasteiger partial charge in [0.25, 0.3) is 0 Å². The maximum atomic E-state index is 10.7. The van der Waals surface area contributed by atoms with Crippen molar-refractivity contribution in [2.75, 3.05) is 0 Å². The lowest BCUT2D eigenvalue weighted by Crippen LogP contribution is -2.03.